The van der Waals surface area contributed by atoms with E-state index in [9.17, 15) is 4.79 Å². The van der Waals surface area contributed by atoms with Crippen LogP contribution in [0.5, 0.6) is 0 Å². The van der Waals surface area contributed by atoms with E-state index in [-0.39, 0.29) is 5.91 Å². The summed E-state index contributed by atoms with van der Waals surface area (Å²) in [5.74, 6) is 1.66. The number of nitrogens with zero attached hydrogens (tertiary/aromatic N) is 2. The molecule has 6 nitrogen and oxygen atoms in total. The molecule has 0 bridgehead atoms. The Morgan fingerprint density at radius 3 is 3.07 bits per heavy atom. The monoisotopic (exact) mass is 403 g/mol. The first-order valence-electron chi connectivity index (χ1n) is 10.2. The Hall–Kier alpha value is -1.70. The Bertz CT molecular complexity index is 803. The maximum Gasteiger partial charge on any atom is 0.252 e. The number of carbonyl (C=O) groups is 1. The van der Waals surface area contributed by atoms with E-state index in [1.54, 1.807) is 11.3 Å². The number of aryl methyl sites for hydroxylation is 2. The minimum Gasteiger partial charge on any atom is -0.381 e. The molecule has 0 spiro atoms. The van der Waals surface area contributed by atoms with Crippen molar-refractivity contribution in [1.29, 1.82) is 0 Å². The second kappa shape index (κ2) is 8.76. The van der Waals surface area contributed by atoms with Crippen LogP contribution < -0.4 is 5.32 Å². The smallest absolute Gasteiger partial charge is 0.252 e. The van der Waals surface area contributed by atoms with Gasteiger partial charge in [-0.3, -0.25) is 9.69 Å². The summed E-state index contributed by atoms with van der Waals surface area (Å²) in [6.45, 7) is 9.19. The molecule has 0 aromatic carbocycles. The molecule has 4 heterocycles. The van der Waals surface area contributed by atoms with Crippen molar-refractivity contribution >= 4 is 17.2 Å². The molecule has 1 atom stereocenters. The van der Waals surface area contributed by atoms with E-state index in [0.717, 1.165) is 82.1 Å². The summed E-state index contributed by atoms with van der Waals surface area (Å²) >= 11 is 1.71. The molecule has 7 heteroatoms. The third-order valence-corrected chi connectivity index (χ3v) is 6.95. The molecule has 1 N–H and O–H groups in total. The topological polar surface area (TPSA) is 67.6 Å². The molecule has 28 heavy (non-hydrogen) atoms. The van der Waals surface area contributed by atoms with Crippen LogP contribution in [0, 0.1) is 19.8 Å². The molecule has 2 aliphatic heterocycles. The fourth-order valence-electron chi connectivity index (χ4n) is 4.16. The Morgan fingerprint density at radius 1 is 1.43 bits per heavy atom. The predicted octanol–water partition coefficient (Wildman–Crippen LogP) is 3.46. The number of thiophene rings is 1. The first-order valence-corrected chi connectivity index (χ1v) is 11.1. The molecule has 152 valence electrons. The van der Waals surface area contributed by atoms with Gasteiger partial charge in [-0.05, 0) is 51.0 Å². The van der Waals surface area contributed by atoms with Gasteiger partial charge in [0.15, 0.2) is 0 Å². The standard InChI is InChI=1S/C21H29N3O3S/c1-14-18(15(2)27-23-14)10-24-8-5-17-19(13-28-20(17)11-24)21(25)22-7-3-4-16-6-9-26-12-16/h13,16H,3-12H2,1-2H3,(H,22,25)/t16-/m1/s1. The molecule has 2 aromatic heterocycles. The average molecular weight is 404 g/mol. The quantitative estimate of drug-likeness (QED) is 0.717. The molecule has 0 aliphatic carbocycles. The molecule has 4 rings (SSSR count). The zero-order valence-electron chi connectivity index (χ0n) is 16.8. The largest absolute Gasteiger partial charge is 0.381 e. The van der Waals surface area contributed by atoms with Gasteiger partial charge in [-0.2, -0.15) is 0 Å². The van der Waals surface area contributed by atoms with Crippen molar-refractivity contribution in [1.82, 2.24) is 15.4 Å². The minimum absolute atomic E-state index is 0.0827. The van der Waals surface area contributed by atoms with Gasteiger partial charge in [-0.25, -0.2) is 0 Å². The summed E-state index contributed by atoms with van der Waals surface area (Å²) in [5.41, 5.74) is 4.27. The maximum atomic E-state index is 12.6. The van der Waals surface area contributed by atoms with Crippen LogP contribution in [0.25, 0.3) is 0 Å². The van der Waals surface area contributed by atoms with Crippen molar-refractivity contribution in [3.8, 4) is 0 Å². The number of ether oxygens (including phenoxy) is 1. The lowest BCUT2D eigenvalue weighted by Crippen LogP contribution is -2.31. The average Bonchev–Trinajstić information content (AvgIpc) is 3.42. The van der Waals surface area contributed by atoms with E-state index < -0.39 is 0 Å². The van der Waals surface area contributed by atoms with Gasteiger partial charge < -0.3 is 14.6 Å². The number of hydrogen-bond acceptors (Lipinski definition) is 6. The van der Waals surface area contributed by atoms with E-state index in [2.05, 4.69) is 15.4 Å². The van der Waals surface area contributed by atoms with E-state index >= 15 is 0 Å². The van der Waals surface area contributed by atoms with Crippen LogP contribution >= 0.6 is 11.3 Å². The van der Waals surface area contributed by atoms with Crippen LogP contribution in [0.4, 0.5) is 0 Å². The Morgan fingerprint density at radius 2 is 2.32 bits per heavy atom. The lowest BCUT2D eigenvalue weighted by Gasteiger charge is -2.27. The fourth-order valence-corrected chi connectivity index (χ4v) is 5.28. The lowest BCUT2D eigenvalue weighted by molar-refractivity contribution is 0.0951. The van der Waals surface area contributed by atoms with Crippen LogP contribution in [0.1, 0.15) is 57.1 Å². The van der Waals surface area contributed by atoms with Gasteiger partial charge in [0, 0.05) is 55.2 Å². The van der Waals surface area contributed by atoms with Gasteiger partial charge in [-0.1, -0.05) is 5.16 Å². The van der Waals surface area contributed by atoms with Crippen LogP contribution in [-0.2, 0) is 24.2 Å². The number of rotatable bonds is 7. The minimum atomic E-state index is 0.0827. The normalized spacial score (nSPS) is 19.7. The van der Waals surface area contributed by atoms with Gasteiger partial charge in [0.1, 0.15) is 5.76 Å². The van der Waals surface area contributed by atoms with E-state index in [1.165, 1.54) is 16.0 Å². The Kier molecular flexibility index (Phi) is 6.13. The van der Waals surface area contributed by atoms with E-state index in [0.29, 0.717) is 5.92 Å². The second-order valence-electron chi connectivity index (χ2n) is 7.94. The van der Waals surface area contributed by atoms with Crippen molar-refractivity contribution in [3.63, 3.8) is 0 Å². The van der Waals surface area contributed by atoms with Crippen molar-refractivity contribution in [3.05, 3.63) is 38.4 Å². The van der Waals surface area contributed by atoms with Crippen LogP contribution in [0.2, 0.25) is 0 Å². The summed E-state index contributed by atoms with van der Waals surface area (Å²) in [7, 11) is 0. The number of aromatic nitrogens is 1. The SMILES string of the molecule is Cc1noc(C)c1CN1CCc2c(C(=O)NCCC[C@@H]3CCOC3)csc2C1. The third kappa shape index (κ3) is 4.31. The molecule has 0 radical (unpaired) electrons. The first kappa shape index (κ1) is 19.6. The highest BCUT2D eigenvalue weighted by Gasteiger charge is 2.25. The molecular formula is C21H29N3O3S. The number of amides is 1. The van der Waals surface area contributed by atoms with Crippen molar-refractivity contribution in [2.75, 3.05) is 26.3 Å². The molecule has 2 aromatic rings. The summed E-state index contributed by atoms with van der Waals surface area (Å²) in [6, 6.07) is 0. The first-order chi connectivity index (χ1) is 13.6. The molecule has 1 fully saturated rings. The fraction of sp³-hybridized carbons (Fsp3) is 0.619. The molecule has 1 amide bonds. The van der Waals surface area contributed by atoms with Crippen molar-refractivity contribution in [2.45, 2.75) is 52.6 Å². The molecule has 0 unspecified atom stereocenters. The van der Waals surface area contributed by atoms with Gasteiger partial charge in [0.25, 0.3) is 5.91 Å². The predicted molar refractivity (Wildman–Crippen MR) is 109 cm³/mol. The van der Waals surface area contributed by atoms with Crippen LogP contribution in [0.3, 0.4) is 0 Å². The zero-order chi connectivity index (χ0) is 19.5. The molecule has 1 saturated heterocycles. The Labute approximate surface area is 170 Å². The van der Waals surface area contributed by atoms with Gasteiger partial charge in [0.05, 0.1) is 11.3 Å². The second-order valence-corrected chi connectivity index (χ2v) is 8.91. The van der Waals surface area contributed by atoms with Crippen molar-refractivity contribution < 1.29 is 14.1 Å². The molecule has 2 aliphatic rings. The summed E-state index contributed by atoms with van der Waals surface area (Å²) in [5, 5.41) is 9.20. The number of fused-ring (bicyclic) bond motifs is 1. The van der Waals surface area contributed by atoms with Gasteiger partial charge in [-0.15, -0.1) is 11.3 Å². The summed E-state index contributed by atoms with van der Waals surface area (Å²) in [4.78, 5) is 16.4. The molecular weight excluding hydrogens is 374 g/mol. The number of nitrogens with one attached hydrogen (secondary N) is 1. The number of carbonyl (C=O) groups excluding carboxylic acids is 1. The van der Waals surface area contributed by atoms with Crippen LogP contribution in [-0.4, -0.2) is 42.3 Å². The Balaban J connectivity index is 1.30. The maximum absolute atomic E-state index is 12.6. The molecule has 0 saturated carbocycles. The lowest BCUT2D eigenvalue weighted by atomic mass is 10.0. The van der Waals surface area contributed by atoms with Crippen LogP contribution in [0.15, 0.2) is 9.90 Å². The number of hydrogen-bond donors (Lipinski definition) is 1. The van der Waals surface area contributed by atoms with E-state index in [4.69, 9.17) is 9.26 Å². The summed E-state index contributed by atoms with van der Waals surface area (Å²) < 4.78 is 10.7. The van der Waals surface area contributed by atoms with Gasteiger partial charge in [0.2, 0.25) is 0 Å². The summed E-state index contributed by atoms with van der Waals surface area (Å²) in [6.07, 6.45) is 4.25. The van der Waals surface area contributed by atoms with Crippen molar-refractivity contribution in [2.24, 2.45) is 5.92 Å². The van der Waals surface area contributed by atoms with E-state index in [1.807, 2.05) is 19.2 Å². The highest BCUT2D eigenvalue weighted by molar-refractivity contribution is 7.10. The highest BCUT2D eigenvalue weighted by atomic mass is 32.1. The third-order valence-electron chi connectivity index (χ3n) is 5.93. The zero-order valence-corrected chi connectivity index (χ0v) is 17.6. The highest BCUT2D eigenvalue weighted by Crippen LogP contribution is 2.30. The van der Waals surface area contributed by atoms with Gasteiger partial charge >= 0.3 is 0 Å².